The molecule has 0 spiro atoms. The summed E-state index contributed by atoms with van der Waals surface area (Å²) in [4.78, 5) is 4.56. The van der Waals surface area contributed by atoms with E-state index in [1.54, 1.807) is 0 Å². The van der Waals surface area contributed by atoms with Gasteiger partial charge in [0.1, 0.15) is 5.84 Å². The van der Waals surface area contributed by atoms with Crippen LogP contribution in [-0.2, 0) is 13.0 Å². The molecule has 2 nitrogen and oxygen atoms in total. The van der Waals surface area contributed by atoms with Gasteiger partial charge in [-0.15, -0.1) is 0 Å². The number of nitrogens with zero attached hydrogens (tertiary/aromatic N) is 1. The first kappa shape index (κ1) is 8.04. The maximum absolute atomic E-state index is 4.56. The van der Waals surface area contributed by atoms with Crippen molar-refractivity contribution in [2.75, 3.05) is 0 Å². The van der Waals surface area contributed by atoms with Gasteiger partial charge < -0.3 is 5.32 Å². The van der Waals surface area contributed by atoms with Gasteiger partial charge in [0.25, 0.3) is 0 Å². The van der Waals surface area contributed by atoms with E-state index in [4.69, 9.17) is 0 Å². The Bertz CT molecular complexity index is 378. The van der Waals surface area contributed by atoms with Crippen LogP contribution < -0.4 is 5.32 Å². The van der Waals surface area contributed by atoms with Crippen LogP contribution in [0, 0.1) is 0 Å². The molecule has 0 aromatic heterocycles. The second kappa shape index (κ2) is 3.12. The molecule has 0 radical (unpaired) electrons. The summed E-state index contributed by atoms with van der Waals surface area (Å²) >= 11 is 0. The zero-order valence-corrected chi connectivity index (χ0v) is 8.16. The van der Waals surface area contributed by atoms with Crippen molar-refractivity contribution in [2.24, 2.45) is 4.99 Å². The van der Waals surface area contributed by atoms with Crippen LogP contribution in [0.4, 0.5) is 0 Å². The highest BCUT2D eigenvalue weighted by molar-refractivity contribution is 5.86. The summed E-state index contributed by atoms with van der Waals surface area (Å²) in [6, 6.07) is 9.30. The Balaban J connectivity index is 1.78. The van der Waals surface area contributed by atoms with Crippen LogP contribution in [0.5, 0.6) is 0 Å². The van der Waals surface area contributed by atoms with Crippen molar-refractivity contribution >= 4 is 5.84 Å². The molecule has 1 aliphatic carbocycles. The summed E-state index contributed by atoms with van der Waals surface area (Å²) in [5.41, 5.74) is 2.82. The molecule has 1 aromatic carbocycles. The van der Waals surface area contributed by atoms with E-state index < -0.39 is 0 Å². The SMILES string of the molecule is c1ccc2c(c1)CN=C(NC1CC1)C2. The summed E-state index contributed by atoms with van der Waals surface area (Å²) in [5.74, 6) is 1.19. The van der Waals surface area contributed by atoms with Crippen LogP contribution in [-0.4, -0.2) is 11.9 Å². The molecule has 2 aliphatic rings. The second-order valence-electron chi connectivity index (χ2n) is 4.13. The molecule has 1 N–H and O–H groups in total. The predicted octanol–water partition coefficient (Wildman–Crippen LogP) is 1.89. The molecule has 1 heterocycles. The molecule has 1 aromatic rings. The lowest BCUT2D eigenvalue weighted by Gasteiger charge is -2.16. The van der Waals surface area contributed by atoms with Gasteiger partial charge in [-0.05, 0) is 24.0 Å². The molecule has 3 rings (SSSR count). The first-order chi connectivity index (χ1) is 6.92. The molecular weight excluding hydrogens is 172 g/mol. The standard InChI is InChI=1S/C12H14N2/c1-2-4-10-8-13-12(7-9(10)3-1)14-11-5-6-11/h1-4,11H,5-8H2,(H,13,14). The third kappa shape index (κ3) is 1.52. The number of aliphatic imine (C=N–C) groups is 1. The van der Waals surface area contributed by atoms with E-state index >= 15 is 0 Å². The van der Waals surface area contributed by atoms with Gasteiger partial charge >= 0.3 is 0 Å². The van der Waals surface area contributed by atoms with E-state index in [1.165, 1.54) is 29.8 Å². The van der Waals surface area contributed by atoms with Gasteiger partial charge in [-0.3, -0.25) is 4.99 Å². The molecule has 14 heavy (non-hydrogen) atoms. The van der Waals surface area contributed by atoms with E-state index in [9.17, 15) is 0 Å². The van der Waals surface area contributed by atoms with Gasteiger partial charge in [0.05, 0.1) is 6.54 Å². The van der Waals surface area contributed by atoms with Crippen molar-refractivity contribution in [1.82, 2.24) is 5.32 Å². The van der Waals surface area contributed by atoms with Gasteiger partial charge in [0.15, 0.2) is 0 Å². The molecular formula is C12H14N2. The molecule has 0 atom stereocenters. The molecule has 0 unspecified atom stereocenters. The summed E-state index contributed by atoms with van der Waals surface area (Å²) < 4.78 is 0. The largest absolute Gasteiger partial charge is 0.371 e. The minimum Gasteiger partial charge on any atom is -0.371 e. The fourth-order valence-electron chi connectivity index (χ4n) is 1.86. The van der Waals surface area contributed by atoms with Crippen molar-refractivity contribution in [1.29, 1.82) is 0 Å². The van der Waals surface area contributed by atoms with Crippen molar-refractivity contribution < 1.29 is 0 Å². The van der Waals surface area contributed by atoms with Gasteiger partial charge in [0.2, 0.25) is 0 Å². The van der Waals surface area contributed by atoms with Crippen LogP contribution in [0.15, 0.2) is 29.3 Å². The van der Waals surface area contributed by atoms with Gasteiger partial charge in [0, 0.05) is 12.5 Å². The molecule has 2 heteroatoms. The Kier molecular flexibility index (Phi) is 1.79. The highest BCUT2D eigenvalue weighted by Gasteiger charge is 2.23. The lowest BCUT2D eigenvalue weighted by molar-refractivity contribution is 0.849. The predicted molar refractivity (Wildman–Crippen MR) is 57.4 cm³/mol. The maximum Gasteiger partial charge on any atom is 0.101 e. The zero-order valence-electron chi connectivity index (χ0n) is 8.16. The molecule has 1 saturated carbocycles. The number of amidine groups is 1. The lowest BCUT2D eigenvalue weighted by Crippen LogP contribution is -2.29. The highest BCUT2D eigenvalue weighted by Crippen LogP contribution is 2.21. The van der Waals surface area contributed by atoms with Crippen LogP contribution in [0.1, 0.15) is 24.0 Å². The van der Waals surface area contributed by atoms with Crippen molar-refractivity contribution in [3.63, 3.8) is 0 Å². The monoisotopic (exact) mass is 186 g/mol. The first-order valence-electron chi connectivity index (χ1n) is 5.28. The smallest absolute Gasteiger partial charge is 0.101 e. The number of fused-ring (bicyclic) bond motifs is 1. The number of hydrogen-bond donors (Lipinski definition) is 1. The Morgan fingerprint density at radius 3 is 2.71 bits per heavy atom. The van der Waals surface area contributed by atoms with Crippen LogP contribution in [0.2, 0.25) is 0 Å². The van der Waals surface area contributed by atoms with Crippen molar-refractivity contribution in [3.05, 3.63) is 35.4 Å². The maximum atomic E-state index is 4.56. The summed E-state index contributed by atoms with van der Waals surface area (Å²) in [7, 11) is 0. The van der Waals surface area contributed by atoms with Gasteiger partial charge in [-0.1, -0.05) is 24.3 Å². The van der Waals surface area contributed by atoms with E-state index in [-0.39, 0.29) is 0 Å². The normalized spacial score (nSPS) is 19.9. The third-order valence-electron chi connectivity index (χ3n) is 2.86. The summed E-state index contributed by atoms with van der Waals surface area (Å²) in [6.45, 7) is 0.852. The topological polar surface area (TPSA) is 24.4 Å². The van der Waals surface area contributed by atoms with E-state index in [2.05, 4.69) is 34.6 Å². The molecule has 0 saturated heterocycles. The summed E-state index contributed by atoms with van der Waals surface area (Å²) in [6.07, 6.45) is 3.63. The Morgan fingerprint density at radius 2 is 1.93 bits per heavy atom. The number of rotatable bonds is 1. The van der Waals surface area contributed by atoms with Crippen molar-refractivity contribution in [2.45, 2.75) is 31.8 Å². The number of nitrogens with one attached hydrogen (secondary N) is 1. The third-order valence-corrected chi connectivity index (χ3v) is 2.86. The average molecular weight is 186 g/mol. The molecule has 0 bridgehead atoms. The Hall–Kier alpha value is -1.31. The number of benzene rings is 1. The van der Waals surface area contributed by atoms with E-state index in [1.807, 2.05) is 0 Å². The molecule has 1 aliphatic heterocycles. The molecule has 72 valence electrons. The second-order valence-corrected chi connectivity index (χ2v) is 4.13. The average Bonchev–Trinajstić information content (AvgIpc) is 3.02. The minimum absolute atomic E-state index is 0.721. The first-order valence-corrected chi connectivity index (χ1v) is 5.28. The van der Waals surface area contributed by atoms with Gasteiger partial charge in [-0.25, -0.2) is 0 Å². The minimum atomic E-state index is 0.721. The summed E-state index contributed by atoms with van der Waals surface area (Å²) in [5, 5.41) is 3.48. The van der Waals surface area contributed by atoms with E-state index in [0.29, 0.717) is 0 Å². The molecule has 1 fully saturated rings. The van der Waals surface area contributed by atoms with Crippen LogP contribution >= 0.6 is 0 Å². The van der Waals surface area contributed by atoms with E-state index in [0.717, 1.165) is 19.0 Å². The lowest BCUT2D eigenvalue weighted by atomic mass is 10.0. The van der Waals surface area contributed by atoms with Crippen LogP contribution in [0.3, 0.4) is 0 Å². The molecule has 0 amide bonds. The fourth-order valence-corrected chi connectivity index (χ4v) is 1.86. The van der Waals surface area contributed by atoms with Crippen molar-refractivity contribution in [3.8, 4) is 0 Å². The zero-order chi connectivity index (χ0) is 9.38. The fraction of sp³-hybridized carbons (Fsp3) is 0.417. The Morgan fingerprint density at radius 1 is 1.14 bits per heavy atom. The van der Waals surface area contributed by atoms with Crippen LogP contribution in [0.25, 0.3) is 0 Å². The number of hydrogen-bond acceptors (Lipinski definition) is 2. The Labute approximate surface area is 84.1 Å². The quantitative estimate of drug-likeness (QED) is 0.711. The van der Waals surface area contributed by atoms with Gasteiger partial charge in [-0.2, -0.15) is 0 Å². The highest BCUT2D eigenvalue weighted by atomic mass is 15.0.